The van der Waals surface area contributed by atoms with Gasteiger partial charge < -0.3 is 19.4 Å². The minimum atomic E-state index is -0.232. The Bertz CT molecular complexity index is 388. The molecule has 1 aliphatic rings. The smallest absolute Gasteiger partial charge is 0.242 e. The van der Waals surface area contributed by atoms with E-state index in [2.05, 4.69) is 5.32 Å². The zero-order chi connectivity index (χ0) is 12.3. The van der Waals surface area contributed by atoms with Crippen molar-refractivity contribution in [3.8, 4) is 0 Å². The van der Waals surface area contributed by atoms with Crippen molar-refractivity contribution in [2.45, 2.75) is 19.5 Å². The van der Waals surface area contributed by atoms with Crippen molar-refractivity contribution in [3.63, 3.8) is 0 Å². The van der Waals surface area contributed by atoms with Gasteiger partial charge in [-0.05, 0) is 19.1 Å². The second-order valence-electron chi connectivity index (χ2n) is 4.29. The van der Waals surface area contributed by atoms with Gasteiger partial charge >= 0.3 is 0 Å². The van der Waals surface area contributed by atoms with Crippen LogP contribution in [0.3, 0.4) is 0 Å². The molecule has 102 valence electrons. The molecule has 0 aromatic carbocycles. The van der Waals surface area contributed by atoms with E-state index in [4.69, 9.17) is 9.15 Å². The minimum Gasteiger partial charge on any atom is -0.464 e. The maximum atomic E-state index is 12.1. The van der Waals surface area contributed by atoms with Crippen molar-refractivity contribution in [2.75, 3.05) is 26.8 Å². The van der Waals surface area contributed by atoms with Gasteiger partial charge in [0.15, 0.2) is 0 Å². The van der Waals surface area contributed by atoms with E-state index in [1.54, 1.807) is 11.9 Å². The van der Waals surface area contributed by atoms with Crippen LogP contribution in [0.5, 0.6) is 0 Å². The third kappa shape index (κ3) is 3.73. The molecular formula is C12H19ClN2O3. The third-order valence-electron chi connectivity index (χ3n) is 2.78. The van der Waals surface area contributed by atoms with Crippen molar-refractivity contribution in [1.82, 2.24) is 10.2 Å². The number of furan rings is 1. The summed E-state index contributed by atoms with van der Waals surface area (Å²) in [5, 5.41) is 3.14. The summed E-state index contributed by atoms with van der Waals surface area (Å²) in [5.41, 5.74) is 0. The van der Waals surface area contributed by atoms with Gasteiger partial charge in [-0.3, -0.25) is 4.79 Å². The summed E-state index contributed by atoms with van der Waals surface area (Å²) >= 11 is 0. The minimum absolute atomic E-state index is 0. The SMILES string of the molecule is Cc1ccc(CN(C)C(=O)C2COCCN2)o1.Cl. The van der Waals surface area contributed by atoms with Crippen LogP contribution in [-0.2, 0) is 16.1 Å². The van der Waals surface area contributed by atoms with E-state index < -0.39 is 0 Å². The lowest BCUT2D eigenvalue weighted by Crippen LogP contribution is -2.51. The number of aryl methyl sites for hydroxylation is 1. The number of carbonyl (C=O) groups excluding carboxylic acids is 1. The van der Waals surface area contributed by atoms with Gasteiger partial charge in [-0.2, -0.15) is 0 Å². The quantitative estimate of drug-likeness (QED) is 0.892. The van der Waals surface area contributed by atoms with Crippen LogP contribution in [0.2, 0.25) is 0 Å². The average molecular weight is 275 g/mol. The van der Waals surface area contributed by atoms with Gasteiger partial charge in [0, 0.05) is 13.6 Å². The number of amides is 1. The predicted octanol–water partition coefficient (Wildman–Crippen LogP) is 0.957. The van der Waals surface area contributed by atoms with Crippen LogP contribution in [0.15, 0.2) is 16.5 Å². The molecule has 0 spiro atoms. The number of hydrogen-bond donors (Lipinski definition) is 1. The second-order valence-corrected chi connectivity index (χ2v) is 4.29. The Morgan fingerprint density at radius 3 is 2.89 bits per heavy atom. The molecular weight excluding hydrogens is 256 g/mol. The van der Waals surface area contributed by atoms with Gasteiger partial charge in [0.1, 0.15) is 17.6 Å². The van der Waals surface area contributed by atoms with Crippen LogP contribution in [0.25, 0.3) is 0 Å². The zero-order valence-corrected chi connectivity index (χ0v) is 11.5. The number of nitrogens with one attached hydrogen (secondary N) is 1. The number of ether oxygens (including phenoxy) is 1. The Hall–Kier alpha value is -1.04. The second kappa shape index (κ2) is 6.78. The molecule has 1 fully saturated rings. The van der Waals surface area contributed by atoms with Crippen molar-refractivity contribution < 1.29 is 13.9 Å². The maximum absolute atomic E-state index is 12.1. The van der Waals surface area contributed by atoms with Gasteiger partial charge in [0.25, 0.3) is 0 Å². The molecule has 1 saturated heterocycles. The zero-order valence-electron chi connectivity index (χ0n) is 10.6. The van der Waals surface area contributed by atoms with E-state index in [0.29, 0.717) is 19.8 Å². The number of morpholine rings is 1. The van der Waals surface area contributed by atoms with E-state index in [1.807, 2.05) is 19.1 Å². The summed E-state index contributed by atoms with van der Waals surface area (Å²) in [5.74, 6) is 1.70. The van der Waals surface area contributed by atoms with Crippen molar-refractivity contribution in [1.29, 1.82) is 0 Å². The van der Waals surface area contributed by atoms with Gasteiger partial charge in [-0.15, -0.1) is 12.4 Å². The third-order valence-corrected chi connectivity index (χ3v) is 2.78. The standard InChI is InChI=1S/C12H18N2O3.ClH/c1-9-3-4-10(17-9)7-14(2)12(15)11-8-16-6-5-13-11;/h3-4,11,13H,5-8H2,1-2H3;1H. The Kier molecular flexibility index (Phi) is 5.65. The molecule has 1 N–H and O–H groups in total. The average Bonchev–Trinajstić information content (AvgIpc) is 2.75. The van der Waals surface area contributed by atoms with E-state index in [-0.39, 0.29) is 24.4 Å². The first kappa shape index (κ1) is 15.0. The summed E-state index contributed by atoms with van der Waals surface area (Å²) in [6, 6.07) is 3.56. The molecule has 0 aliphatic carbocycles. The van der Waals surface area contributed by atoms with E-state index in [9.17, 15) is 4.79 Å². The Morgan fingerprint density at radius 2 is 2.33 bits per heavy atom. The number of halogens is 1. The molecule has 0 bridgehead atoms. The Balaban J connectivity index is 0.00000162. The van der Waals surface area contributed by atoms with E-state index >= 15 is 0 Å². The summed E-state index contributed by atoms with van der Waals surface area (Å²) in [6.07, 6.45) is 0. The Morgan fingerprint density at radius 1 is 1.56 bits per heavy atom. The first-order valence-electron chi connectivity index (χ1n) is 5.78. The highest BCUT2D eigenvalue weighted by Crippen LogP contribution is 2.09. The van der Waals surface area contributed by atoms with Crippen molar-refractivity contribution in [3.05, 3.63) is 23.7 Å². The van der Waals surface area contributed by atoms with Crippen LogP contribution >= 0.6 is 12.4 Å². The van der Waals surface area contributed by atoms with Gasteiger partial charge in [-0.1, -0.05) is 0 Å². The summed E-state index contributed by atoms with van der Waals surface area (Å²) < 4.78 is 10.7. The molecule has 1 aromatic rings. The first-order valence-corrected chi connectivity index (χ1v) is 5.78. The van der Waals surface area contributed by atoms with Crippen molar-refractivity contribution in [2.24, 2.45) is 0 Å². The monoisotopic (exact) mass is 274 g/mol. The van der Waals surface area contributed by atoms with Crippen LogP contribution < -0.4 is 5.32 Å². The number of rotatable bonds is 3. The molecule has 1 aromatic heterocycles. The van der Waals surface area contributed by atoms with Crippen LogP contribution in [0.1, 0.15) is 11.5 Å². The van der Waals surface area contributed by atoms with Crippen molar-refractivity contribution >= 4 is 18.3 Å². The number of likely N-dealkylation sites (N-methyl/N-ethyl adjacent to an activating group) is 1. The largest absolute Gasteiger partial charge is 0.464 e. The topological polar surface area (TPSA) is 54.7 Å². The molecule has 1 aliphatic heterocycles. The number of carbonyl (C=O) groups is 1. The lowest BCUT2D eigenvalue weighted by Gasteiger charge is -2.27. The molecule has 1 unspecified atom stereocenters. The molecule has 2 rings (SSSR count). The molecule has 0 radical (unpaired) electrons. The molecule has 2 heterocycles. The van der Waals surface area contributed by atoms with Crippen LogP contribution in [0.4, 0.5) is 0 Å². The van der Waals surface area contributed by atoms with Gasteiger partial charge in [0.05, 0.1) is 19.8 Å². The predicted molar refractivity (Wildman–Crippen MR) is 69.8 cm³/mol. The lowest BCUT2D eigenvalue weighted by atomic mass is 10.2. The summed E-state index contributed by atoms with van der Waals surface area (Å²) in [6.45, 7) is 4.22. The first-order chi connectivity index (χ1) is 8.16. The summed E-state index contributed by atoms with van der Waals surface area (Å²) in [7, 11) is 1.77. The molecule has 1 amide bonds. The van der Waals surface area contributed by atoms with Crippen LogP contribution in [0, 0.1) is 6.92 Å². The van der Waals surface area contributed by atoms with E-state index in [0.717, 1.165) is 18.1 Å². The van der Waals surface area contributed by atoms with Gasteiger partial charge in [-0.25, -0.2) is 0 Å². The fourth-order valence-corrected chi connectivity index (χ4v) is 1.87. The maximum Gasteiger partial charge on any atom is 0.242 e. The fraction of sp³-hybridized carbons (Fsp3) is 0.583. The number of nitrogens with zero attached hydrogens (tertiary/aromatic N) is 1. The summed E-state index contributed by atoms with van der Waals surface area (Å²) in [4.78, 5) is 13.7. The molecule has 0 saturated carbocycles. The Labute approximate surface area is 113 Å². The molecule has 5 nitrogen and oxygen atoms in total. The van der Waals surface area contributed by atoms with E-state index in [1.165, 1.54) is 0 Å². The van der Waals surface area contributed by atoms with Gasteiger partial charge in [0.2, 0.25) is 5.91 Å². The number of hydrogen-bond acceptors (Lipinski definition) is 4. The molecule has 6 heteroatoms. The fourth-order valence-electron chi connectivity index (χ4n) is 1.87. The lowest BCUT2D eigenvalue weighted by molar-refractivity contribution is -0.135. The van der Waals surface area contributed by atoms with Crippen LogP contribution in [-0.4, -0.2) is 43.7 Å². The normalized spacial score (nSPS) is 19.1. The highest BCUT2D eigenvalue weighted by Gasteiger charge is 2.24. The molecule has 18 heavy (non-hydrogen) atoms. The highest BCUT2D eigenvalue weighted by molar-refractivity contribution is 5.85. The highest BCUT2D eigenvalue weighted by atomic mass is 35.5. The molecule has 1 atom stereocenters.